The highest BCUT2D eigenvalue weighted by Crippen LogP contribution is 2.44. The van der Waals surface area contributed by atoms with Crippen LogP contribution in [0.25, 0.3) is 0 Å². The standard InChI is InChI=1S/C16H20Cl2N2O3S/c1-24(22,23)20(14-7-12(17)6-13(18)8-14)9-16(21)19-15-5-10-2-3-11(15)4-10/h6-8,10-11,15H,2-5,9H2,1H3,(H,19,21)/t10-,11+,15-/m1/s1. The van der Waals surface area contributed by atoms with Crippen molar-refractivity contribution in [1.82, 2.24) is 5.32 Å². The minimum Gasteiger partial charge on any atom is -0.352 e. The lowest BCUT2D eigenvalue weighted by Gasteiger charge is -2.26. The summed E-state index contributed by atoms with van der Waals surface area (Å²) in [6, 6.07) is 4.65. The third-order valence-corrected chi connectivity index (χ3v) is 6.48. The van der Waals surface area contributed by atoms with E-state index in [9.17, 15) is 13.2 Å². The van der Waals surface area contributed by atoms with Crippen molar-refractivity contribution in [1.29, 1.82) is 0 Å². The number of halogens is 2. The Morgan fingerprint density at radius 3 is 2.38 bits per heavy atom. The lowest BCUT2D eigenvalue weighted by atomic mass is 9.95. The number of rotatable bonds is 5. The summed E-state index contributed by atoms with van der Waals surface area (Å²) in [6.07, 6.45) is 5.62. The Balaban J connectivity index is 1.74. The van der Waals surface area contributed by atoms with Gasteiger partial charge in [0.15, 0.2) is 0 Å². The maximum absolute atomic E-state index is 12.4. The molecule has 3 atom stereocenters. The van der Waals surface area contributed by atoms with Gasteiger partial charge < -0.3 is 5.32 Å². The zero-order valence-electron chi connectivity index (χ0n) is 13.3. The number of anilines is 1. The summed E-state index contributed by atoms with van der Waals surface area (Å²) in [5.41, 5.74) is 0.290. The van der Waals surface area contributed by atoms with Crippen LogP contribution in [0.5, 0.6) is 0 Å². The number of amides is 1. The second kappa shape index (κ2) is 6.73. The van der Waals surface area contributed by atoms with E-state index in [4.69, 9.17) is 23.2 Å². The van der Waals surface area contributed by atoms with Crippen LogP contribution >= 0.6 is 23.2 Å². The van der Waals surface area contributed by atoms with Gasteiger partial charge in [0.05, 0.1) is 11.9 Å². The van der Waals surface area contributed by atoms with Gasteiger partial charge >= 0.3 is 0 Å². The van der Waals surface area contributed by atoms with Crippen LogP contribution in [0.15, 0.2) is 18.2 Å². The number of nitrogens with one attached hydrogen (secondary N) is 1. The number of nitrogens with zero attached hydrogens (tertiary/aromatic N) is 1. The van der Waals surface area contributed by atoms with E-state index in [1.165, 1.54) is 31.0 Å². The summed E-state index contributed by atoms with van der Waals surface area (Å²) in [5.74, 6) is 0.943. The Labute approximate surface area is 152 Å². The van der Waals surface area contributed by atoms with Crippen LogP contribution in [0.1, 0.15) is 25.7 Å². The molecule has 0 saturated heterocycles. The lowest BCUT2D eigenvalue weighted by Crippen LogP contribution is -2.45. The van der Waals surface area contributed by atoms with Crippen LogP contribution < -0.4 is 9.62 Å². The Morgan fingerprint density at radius 1 is 1.21 bits per heavy atom. The van der Waals surface area contributed by atoms with Gasteiger partial charge in [-0.05, 0) is 49.3 Å². The molecule has 132 valence electrons. The predicted octanol–water partition coefficient (Wildman–Crippen LogP) is 3.06. The van der Waals surface area contributed by atoms with Crippen LogP contribution in [-0.4, -0.2) is 33.2 Å². The fourth-order valence-corrected chi connectivity index (χ4v) is 5.24. The highest BCUT2D eigenvalue weighted by Gasteiger charge is 2.40. The Bertz CT molecular complexity index is 733. The SMILES string of the molecule is CS(=O)(=O)N(CC(=O)N[C@@H]1C[C@@H]2CC[C@H]1C2)c1cc(Cl)cc(Cl)c1. The minimum atomic E-state index is -3.64. The van der Waals surface area contributed by atoms with Gasteiger partial charge in [0.1, 0.15) is 6.54 Å². The van der Waals surface area contributed by atoms with E-state index in [0.29, 0.717) is 21.9 Å². The number of fused-ring (bicyclic) bond motifs is 2. The average Bonchev–Trinajstić information content (AvgIpc) is 3.04. The van der Waals surface area contributed by atoms with E-state index in [1.807, 2.05) is 0 Å². The minimum absolute atomic E-state index is 0.167. The number of carbonyl (C=O) groups is 1. The normalized spacial score (nSPS) is 25.7. The molecule has 8 heteroatoms. The van der Waals surface area contributed by atoms with Crippen molar-refractivity contribution in [3.05, 3.63) is 28.2 Å². The van der Waals surface area contributed by atoms with E-state index >= 15 is 0 Å². The second-order valence-electron chi connectivity index (χ2n) is 6.75. The number of hydrogen-bond donors (Lipinski definition) is 1. The van der Waals surface area contributed by atoms with Crippen molar-refractivity contribution in [2.75, 3.05) is 17.1 Å². The molecule has 0 spiro atoms. The third-order valence-electron chi connectivity index (χ3n) is 4.91. The Hall–Kier alpha value is -0.980. The zero-order valence-corrected chi connectivity index (χ0v) is 15.7. The van der Waals surface area contributed by atoms with Gasteiger partial charge in [0.2, 0.25) is 15.9 Å². The molecule has 2 saturated carbocycles. The highest BCUT2D eigenvalue weighted by atomic mass is 35.5. The van der Waals surface area contributed by atoms with Crippen LogP contribution in [0.3, 0.4) is 0 Å². The predicted molar refractivity (Wildman–Crippen MR) is 96.0 cm³/mol. The Kier molecular flexibility index (Phi) is 5.00. The van der Waals surface area contributed by atoms with Gasteiger partial charge in [-0.2, -0.15) is 0 Å². The van der Waals surface area contributed by atoms with Crippen molar-refractivity contribution in [2.24, 2.45) is 11.8 Å². The molecule has 24 heavy (non-hydrogen) atoms. The zero-order chi connectivity index (χ0) is 17.5. The van der Waals surface area contributed by atoms with E-state index in [0.717, 1.165) is 23.4 Å². The number of hydrogen-bond acceptors (Lipinski definition) is 3. The molecule has 0 heterocycles. The van der Waals surface area contributed by atoms with Crippen LogP contribution in [-0.2, 0) is 14.8 Å². The maximum Gasteiger partial charge on any atom is 0.241 e. The quantitative estimate of drug-likeness (QED) is 0.839. The molecule has 1 aromatic rings. The number of carbonyl (C=O) groups excluding carboxylic acids is 1. The number of benzene rings is 1. The first-order chi connectivity index (χ1) is 11.2. The van der Waals surface area contributed by atoms with Crippen LogP contribution in [0.4, 0.5) is 5.69 Å². The molecule has 2 aliphatic carbocycles. The molecule has 0 radical (unpaired) electrons. The van der Waals surface area contributed by atoms with E-state index in [-0.39, 0.29) is 24.2 Å². The van der Waals surface area contributed by atoms with E-state index in [1.54, 1.807) is 0 Å². The average molecular weight is 391 g/mol. The molecule has 2 aliphatic rings. The summed E-state index contributed by atoms with van der Waals surface area (Å²) >= 11 is 11.9. The third kappa shape index (κ3) is 3.98. The van der Waals surface area contributed by atoms with Crippen molar-refractivity contribution < 1.29 is 13.2 Å². The van der Waals surface area contributed by atoms with Crippen molar-refractivity contribution in [3.8, 4) is 0 Å². The highest BCUT2D eigenvalue weighted by molar-refractivity contribution is 7.92. The van der Waals surface area contributed by atoms with Crippen molar-refractivity contribution >= 4 is 44.8 Å². The summed E-state index contributed by atoms with van der Waals surface area (Å²) < 4.78 is 25.3. The summed E-state index contributed by atoms with van der Waals surface area (Å²) in [4.78, 5) is 12.4. The molecular formula is C16H20Cl2N2O3S. The van der Waals surface area contributed by atoms with Gasteiger partial charge in [-0.15, -0.1) is 0 Å². The molecule has 0 aromatic heterocycles. The molecule has 5 nitrogen and oxygen atoms in total. The van der Waals surface area contributed by atoms with Gasteiger partial charge in [-0.25, -0.2) is 8.42 Å². The maximum atomic E-state index is 12.4. The molecule has 0 aliphatic heterocycles. The smallest absolute Gasteiger partial charge is 0.241 e. The molecule has 2 bridgehead atoms. The molecule has 2 fully saturated rings. The monoisotopic (exact) mass is 390 g/mol. The first kappa shape index (κ1) is 17.8. The van der Waals surface area contributed by atoms with Gasteiger partial charge in [-0.3, -0.25) is 9.10 Å². The fraction of sp³-hybridized carbons (Fsp3) is 0.562. The fourth-order valence-electron chi connectivity index (χ4n) is 3.89. The Morgan fingerprint density at radius 2 is 1.88 bits per heavy atom. The first-order valence-electron chi connectivity index (χ1n) is 7.95. The molecule has 0 unspecified atom stereocenters. The largest absolute Gasteiger partial charge is 0.352 e. The molecule has 1 N–H and O–H groups in total. The van der Waals surface area contributed by atoms with E-state index < -0.39 is 10.0 Å². The first-order valence-corrected chi connectivity index (χ1v) is 10.6. The summed E-state index contributed by atoms with van der Waals surface area (Å²) in [7, 11) is -3.64. The summed E-state index contributed by atoms with van der Waals surface area (Å²) in [6.45, 7) is -0.274. The van der Waals surface area contributed by atoms with Crippen LogP contribution in [0.2, 0.25) is 10.0 Å². The van der Waals surface area contributed by atoms with E-state index in [2.05, 4.69) is 5.32 Å². The lowest BCUT2D eigenvalue weighted by molar-refractivity contribution is -0.120. The number of sulfonamides is 1. The molecule has 1 aromatic carbocycles. The van der Waals surface area contributed by atoms with Gasteiger partial charge in [0.25, 0.3) is 0 Å². The molecule has 1 amide bonds. The van der Waals surface area contributed by atoms with Crippen LogP contribution in [0, 0.1) is 11.8 Å². The topological polar surface area (TPSA) is 66.5 Å². The van der Waals surface area contributed by atoms with Gasteiger partial charge in [0, 0.05) is 16.1 Å². The summed E-state index contributed by atoms with van der Waals surface area (Å²) in [5, 5.41) is 3.64. The van der Waals surface area contributed by atoms with Crippen molar-refractivity contribution in [2.45, 2.75) is 31.7 Å². The molecule has 3 rings (SSSR count). The van der Waals surface area contributed by atoms with Gasteiger partial charge in [-0.1, -0.05) is 29.6 Å². The van der Waals surface area contributed by atoms with Crippen molar-refractivity contribution in [3.63, 3.8) is 0 Å². The molecular weight excluding hydrogens is 371 g/mol. The second-order valence-corrected chi connectivity index (χ2v) is 9.53.